The fourth-order valence-electron chi connectivity index (χ4n) is 4.17. The van der Waals surface area contributed by atoms with Crippen LogP contribution in [0.4, 0.5) is 0 Å². The molecule has 0 saturated heterocycles. The van der Waals surface area contributed by atoms with Crippen molar-refractivity contribution in [3.05, 3.63) is 0 Å². The Labute approximate surface area is 193 Å². The number of carboxylic acids is 1. The molecule has 0 aromatic carbocycles. The number of hydrogen-bond acceptors (Lipinski definition) is 2. The Morgan fingerprint density at radius 1 is 0.548 bits per heavy atom. The van der Waals surface area contributed by atoms with Gasteiger partial charge in [-0.15, -0.1) is 0 Å². The first kappa shape index (κ1) is 29.9. The summed E-state index contributed by atoms with van der Waals surface area (Å²) in [5.41, 5.74) is 0. The highest BCUT2D eigenvalue weighted by Crippen LogP contribution is 2.14. The zero-order valence-electron chi connectivity index (χ0n) is 21.0. The van der Waals surface area contributed by atoms with Crippen LogP contribution in [-0.4, -0.2) is 35.0 Å². The van der Waals surface area contributed by atoms with Gasteiger partial charge in [-0.1, -0.05) is 129 Å². The van der Waals surface area contributed by atoms with Gasteiger partial charge in [-0.2, -0.15) is 0 Å². The van der Waals surface area contributed by atoms with Gasteiger partial charge in [0, 0.05) is 13.0 Å². The van der Waals surface area contributed by atoms with Crippen molar-refractivity contribution in [3.63, 3.8) is 0 Å². The zero-order valence-corrected chi connectivity index (χ0v) is 21.0. The van der Waals surface area contributed by atoms with E-state index in [-0.39, 0.29) is 12.5 Å². The molecule has 0 aliphatic rings. The minimum Gasteiger partial charge on any atom is -0.480 e. The lowest BCUT2D eigenvalue weighted by Gasteiger charge is -2.20. The highest BCUT2D eigenvalue weighted by atomic mass is 16.4. The van der Waals surface area contributed by atoms with Crippen LogP contribution < -0.4 is 0 Å². The predicted molar refractivity (Wildman–Crippen MR) is 133 cm³/mol. The highest BCUT2D eigenvalue weighted by Gasteiger charge is 2.15. The van der Waals surface area contributed by atoms with E-state index in [2.05, 4.69) is 13.8 Å². The van der Waals surface area contributed by atoms with E-state index in [1.807, 2.05) is 0 Å². The summed E-state index contributed by atoms with van der Waals surface area (Å²) in [5, 5.41) is 9.12. The van der Waals surface area contributed by atoms with Gasteiger partial charge in [0.05, 0.1) is 0 Å². The molecule has 0 bridgehead atoms. The molecule has 0 radical (unpaired) electrons. The molecule has 0 heterocycles. The average molecular weight is 440 g/mol. The lowest BCUT2D eigenvalue weighted by molar-refractivity contribution is -0.144. The minimum absolute atomic E-state index is 0.0209. The third kappa shape index (κ3) is 21.9. The molecule has 0 aromatic rings. The van der Waals surface area contributed by atoms with E-state index in [4.69, 9.17) is 5.11 Å². The van der Waals surface area contributed by atoms with Crippen LogP contribution in [0.3, 0.4) is 0 Å². The van der Waals surface area contributed by atoms with E-state index in [1.165, 1.54) is 103 Å². The quantitative estimate of drug-likeness (QED) is 0.154. The van der Waals surface area contributed by atoms with Crippen LogP contribution in [-0.2, 0) is 9.59 Å². The largest absolute Gasteiger partial charge is 0.480 e. The Morgan fingerprint density at radius 3 is 1.29 bits per heavy atom. The number of carboxylic acid groups (broad SMARTS) is 1. The number of aliphatic carboxylic acids is 1. The molecule has 1 N–H and O–H groups in total. The molecule has 31 heavy (non-hydrogen) atoms. The lowest BCUT2D eigenvalue weighted by atomic mass is 10.0. The van der Waals surface area contributed by atoms with Crippen molar-refractivity contribution in [3.8, 4) is 0 Å². The first-order valence-corrected chi connectivity index (χ1v) is 13.6. The van der Waals surface area contributed by atoms with E-state index < -0.39 is 5.97 Å². The monoisotopic (exact) mass is 439 g/mol. The summed E-state index contributed by atoms with van der Waals surface area (Å²) < 4.78 is 0. The van der Waals surface area contributed by atoms with E-state index in [9.17, 15) is 9.59 Å². The molecule has 0 aliphatic heterocycles. The van der Waals surface area contributed by atoms with Crippen LogP contribution in [0.15, 0.2) is 0 Å². The van der Waals surface area contributed by atoms with Crippen molar-refractivity contribution in [2.45, 2.75) is 149 Å². The topological polar surface area (TPSA) is 57.6 Å². The van der Waals surface area contributed by atoms with E-state index >= 15 is 0 Å². The molecule has 0 spiro atoms. The van der Waals surface area contributed by atoms with Gasteiger partial charge in [0.2, 0.25) is 5.91 Å². The Kier molecular flexibility index (Phi) is 22.8. The Morgan fingerprint density at radius 2 is 0.903 bits per heavy atom. The van der Waals surface area contributed by atoms with Crippen molar-refractivity contribution in [1.29, 1.82) is 0 Å². The molecule has 0 fully saturated rings. The van der Waals surface area contributed by atoms with E-state index in [1.54, 1.807) is 4.90 Å². The lowest BCUT2D eigenvalue weighted by Crippen LogP contribution is -2.36. The number of nitrogens with zero attached hydrogens (tertiary/aromatic N) is 1. The normalized spacial score (nSPS) is 11.0. The van der Waals surface area contributed by atoms with Gasteiger partial charge in [-0.3, -0.25) is 9.59 Å². The second-order valence-electron chi connectivity index (χ2n) is 9.32. The maximum absolute atomic E-state index is 12.4. The zero-order chi connectivity index (χ0) is 23.0. The van der Waals surface area contributed by atoms with Gasteiger partial charge in [-0.05, 0) is 12.8 Å². The van der Waals surface area contributed by atoms with Crippen molar-refractivity contribution < 1.29 is 14.7 Å². The predicted octanol–water partition coefficient (Wildman–Crippen LogP) is 8.13. The third-order valence-corrected chi connectivity index (χ3v) is 6.20. The molecule has 0 aliphatic carbocycles. The number of amides is 1. The molecule has 4 heteroatoms. The molecule has 1 amide bonds. The number of unbranched alkanes of at least 4 members (excludes halogenated alkanes) is 18. The van der Waals surface area contributed by atoms with Gasteiger partial charge >= 0.3 is 5.97 Å². The van der Waals surface area contributed by atoms with Crippen molar-refractivity contribution in [2.75, 3.05) is 13.1 Å². The standard InChI is InChI=1S/C27H53NO3/c1-3-5-7-9-11-12-13-14-15-16-17-18-20-22-24-28(25-27(30)31)26(29)23-21-19-10-8-6-4-2/h3-25H2,1-2H3,(H,30,31). The Hall–Kier alpha value is -1.06. The van der Waals surface area contributed by atoms with Crippen molar-refractivity contribution in [2.24, 2.45) is 0 Å². The molecule has 0 saturated carbocycles. The number of carbonyl (C=O) groups excluding carboxylic acids is 1. The second kappa shape index (κ2) is 23.6. The molecular formula is C27H53NO3. The minimum atomic E-state index is -0.901. The summed E-state index contributed by atoms with van der Waals surface area (Å²) >= 11 is 0. The van der Waals surface area contributed by atoms with Crippen LogP contribution in [0.2, 0.25) is 0 Å². The molecule has 4 nitrogen and oxygen atoms in total. The fraction of sp³-hybridized carbons (Fsp3) is 0.926. The molecule has 184 valence electrons. The van der Waals surface area contributed by atoms with Gasteiger partial charge in [-0.25, -0.2) is 0 Å². The smallest absolute Gasteiger partial charge is 0.323 e. The molecule has 0 atom stereocenters. The molecular weight excluding hydrogens is 386 g/mol. The maximum atomic E-state index is 12.4. The summed E-state index contributed by atoms with van der Waals surface area (Å²) in [5.74, 6) is -0.880. The molecule has 0 unspecified atom stereocenters. The first-order valence-electron chi connectivity index (χ1n) is 13.6. The summed E-state index contributed by atoms with van der Waals surface area (Å²) in [6.45, 7) is 4.92. The van der Waals surface area contributed by atoms with Gasteiger partial charge in [0.1, 0.15) is 6.54 Å². The summed E-state index contributed by atoms with van der Waals surface area (Å²) in [6.07, 6.45) is 25.6. The number of carbonyl (C=O) groups is 2. The van der Waals surface area contributed by atoms with Gasteiger partial charge < -0.3 is 10.0 Å². The summed E-state index contributed by atoms with van der Waals surface area (Å²) in [4.78, 5) is 25.1. The Balaban J connectivity index is 3.66. The van der Waals surface area contributed by atoms with Crippen LogP contribution >= 0.6 is 0 Å². The number of rotatable bonds is 24. The van der Waals surface area contributed by atoms with Crippen LogP contribution in [0.25, 0.3) is 0 Å². The van der Waals surface area contributed by atoms with Crippen molar-refractivity contribution in [1.82, 2.24) is 4.90 Å². The van der Waals surface area contributed by atoms with Crippen LogP contribution in [0, 0.1) is 0 Å². The molecule has 0 aromatic heterocycles. The number of hydrogen-bond donors (Lipinski definition) is 1. The average Bonchev–Trinajstić information content (AvgIpc) is 2.75. The molecule has 0 rings (SSSR count). The van der Waals surface area contributed by atoms with Crippen LogP contribution in [0.5, 0.6) is 0 Å². The first-order chi connectivity index (χ1) is 15.1. The summed E-state index contributed by atoms with van der Waals surface area (Å²) in [6, 6.07) is 0. The fourth-order valence-corrected chi connectivity index (χ4v) is 4.17. The van der Waals surface area contributed by atoms with Gasteiger partial charge in [0.25, 0.3) is 0 Å². The summed E-state index contributed by atoms with van der Waals surface area (Å²) in [7, 11) is 0. The van der Waals surface area contributed by atoms with E-state index in [0.717, 1.165) is 25.7 Å². The third-order valence-electron chi connectivity index (χ3n) is 6.20. The van der Waals surface area contributed by atoms with Crippen molar-refractivity contribution >= 4 is 11.9 Å². The second-order valence-corrected chi connectivity index (χ2v) is 9.32. The SMILES string of the molecule is CCCCCCCCCCCCCCCCN(CC(=O)O)C(=O)CCCCCCCC. The Bertz CT molecular complexity index is 411. The highest BCUT2D eigenvalue weighted by molar-refractivity contribution is 5.81. The van der Waals surface area contributed by atoms with E-state index in [0.29, 0.717) is 13.0 Å². The van der Waals surface area contributed by atoms with Gasteiger partial charge in [0.15, 0.2) is 0 Å². The van der Waals surface area contributed by atoms with Crippen LogP contribution in [0.1, 0.15) is 149 Å². The maximum Gasteiger partial charge on any atom is 0.323 e.